The number of amides is 3. The number of carbonyl (C=O) groups is 2. The maximum atomic E-state index is 12.6. The number of carbonyl (C=O) groups excluding carboxylic acids is 2. The minimum absolute atomic E-state index is 0.00184. The highest BCUT2D eigenvalue weighted by atomic mass is 16.5. The Balaban J connectivity index is 1.41. The number of rotatable bonds is 5. The molecule has 2 aliphatic heterocycles. The summed E-state index contributed by atoms with van der Waals surface area (Å²) in [5, 5.41) is 3.03. The van der Waals surface area contributed by atoms with Gasteiger partial charge in [-0.05, 0) is 57.1 Å². The predicted octanol–water partition coefficient (Wildman–Crippen LogP) is 1.65. The second-order valence-corrected chi connectivity index (χ2v) is 7.31. The number of benzene rings is 1. The summed E-state index contributed by atoms with van der Waals surface area (Å²) in [4.78, 5) is 30.9. The van der Waals surface area contributed by atoms with Crippen molar-refractivity contribution in [3.63, 3.8) is 0 Å². The lowest BCUT2D eigenvalue weighted by atomic mass is 10.1. The molecule has 1 aromatic carbocycles. The molecular formula is C20H30N4O3. The third kappa shape index (κ3) is 4.91. The van der Waals surface area contributed by atoms with Crippen molar-refractivity contribution in [1.29, 1.82) is 0 Å². The van der Waals surface area contributed by atoms with E-state index in [4.69, 9.17) is 4.74 Å². The molecule has 0 aromatic heterocycles. The number of methoxy groups -OCH3 is 1. The van der Waals surface area contributed by atoms with E-state index in [1.807, 2.05) is 0 Å². The molecule has 0 radical (unpaired) electrons. The first-order valence-corrected chi connectivity index (χ1v) is 9.75. The van der Waals surface area contributed by atoms with Crippen LogP contribution in [-0.2, 0) is 0 Å². The van der Waals surface area contributed by atoms with Crippen molar-refractivity contribution in [2.24, 2.45) is 0 Å². The van der Waals surface area contributed by atoms with Crippen LogP contribution in [0.4, 0.5) is 4.79 Å². The third-order valence-corrected chi connectivity index (χ3v) is 5.62. The Morgan fingerprint density at radius 2 is 1.74 bits per heavy atom. The van der Waals surface area contributed by atoms with Gasteiger partial charge >= 0.3 is 6.03 Å². The van der Waals surface area contributed by atoms with E-state index in [0.29, 0.717) is 44.3 Å². The molecule has 1 atom stereocenters. The van der Waals surface area contributed by atoms with Crippen LogP contribution in [0.1, 0.15) is 29.6 Å². The van der Waals surface area contributed by atoms with Crippen molar-refractivity contribution >= 4 is 11.9 Å². The second kappa shape index (κ2) is 9.08. The molecule has 3 rings (SSSR count). The minimum atomic E-state index is -0.0211. The molecule has 0 bridgehead atoms. The molecule has 0 aliphatic carbocycles. The van der Waals surface area contributed by atoms with Crippen LogP contribution in [0.3, 0.4) is 0 Å². The van der Waals surface area contributed by atoms with Crippen molar-refractivity contribution in [3.8, 4) is 5.75 Å². The first-order valence-electron chi connectivity index (χ1n) is 9.75. The van der Waals surface area contributed by atoms with Crippen LogP contribution in [0.2, 0.25) is 0 Å². The van der Waals surface area contributed by atoms with E-state index >= 15 is 0 Å². The zero-order valence-electron chi connectivity index (χ0n) is 16.3. The summed E-state index contributed by atoms with van der Waals surface area (Å²) in [6.07, 6.45) is 3.47. The lowest BCUT2D eigenvalue weighted by molar-refractivity contribution is 0.0665. The van der Waals surface area contributed by atoms with Crippen LogP contribution in [-0.4, -0.2) is 86.1 Å². The Morgan fingerprint density at radius 3 is 2.33 bits per heavy atom. The van der Waals surface area contributed by atoms with E-state index in [-0.39, 0.29) is 11.9 Å². The van der Waals surface area contributed by atoms with Gasteiger partial charge in [0.15, 0.2) is 0 Å². The highest BCUT2D eigenvalue weighted by molar-refractivity contribution is 5.94. The molecule has 27 heavy (non-hydrogen) atoms. The van der Waals surface area contributed by atoms with E-state index in [1.54, 1.807) is 41.2 Å². The van der Waals surface area contributed by atoms with E-state index in [2.05, 4.69) is 17.3 Å². The summed E-state index contributed by atoms with van der Waals surface area (Å²) in [6.45, 7) is 4.11. The molecule has 2 fully saturated rings. The van der Waals surface area contributed by atoms with E-state index in [9.17, 15) is 9.59 Å². The highest BCUT2D eigenvalue weighted by Gasteiger charge is 2.25. The van der Waals surface area contributed by atoms with Gasteiger partial charge in [-0.1, -0.05) is 0 Å². The van der Waals surface area contributed by atoms with Crippen molar-refractivity contribution in [3.05, 3.63) is 29.8 Å². The number of likely N-dealkylation sites (tertiary alicyclic amines) is 1. The van der Waals surface area contributed by atoms with Gasteiger partial charge in [-0.3, -0.25) is 4.79 Å². The first kappa shape index (κ1) is 19.5. The maximum Gasteiger partial charge on any atom is 0.317 e. The fourth-order valence-electron chi connectivity index (χ4n) is 3.83. The minimum Gasteiger partial charge on any atom is -0.497 e. The Hall–Kier alpha value is -2.28. The van der Waals surface area contributed by atoms with Gasteiger partial charge < -0.3 is 24.8 Å². The van der Waals surface area contributed by atoms with Crippen LogP contribution in [0, 0.1) is 0 Å². The summed E-state index contributed by atoms with van der Waals surface area (Å²) in [7, 11) is 3.76. The molecule has 2 aliphatic rings. The summed E-state index contributed by atoms with van der Waals surface area (Å²) in [5.41, 5.74) is 0.648. The quantitative estimate of drug-likeness (QED) is 0.851. The molecule has 148 valence electrons. The molecule has 1 N–H and O–H groups in total. The fourth-order valence-corrected chi connectivity index (χ4v) is 3.83. The Kier molecular flexibility index (Phi) is 6.55. The summed E-state index contributed by atoms with van der Waals surface area (Å²) < 4.78 is 5.13. The molecule has 2 heterocycles. The molecule has 7 heteroatoms. The van der Waals surface area contributed by atoms with Crippen LogP contribution in [0.25, 0.3) is 0 Å². The van der Waals surface area contributed by atoms with Gasteiger partial charge in [0.2, 0.25) is 0 Å². The summed E-state index contributed by atoms with van der Waals surface area (Å²) in [6, 6.07) is 7.70. The van der Waals surface area contributed by atoms with Crippen molar-refractivity contribution in [1.82, 2.24) is 20.0 Å². The monoisotopic (exact) mass is 374 g/mol. The van der Waals surface area contributed by atoms with Crippen molar-refractivity contribution in [2.75, 3.05) is 53.4 Å². The number of piperazine rings is 1. The van der Waals surface area contributed by atoms with Crippen molar-refractivity contribution in [2.45, 2.75) is 25.3 Å². The molecule has 1 aromatic rings. The van der Waals surface area contributed by atoms with Gasteiger partial charge in [-0.25, -0.2) is 4.79 Å². The van der Waals surface area contributed by atoms with Crippen molar-refractivity contribution < 1.29 is 14.3 Å². The maximum absolute atomic E-state index is 12.6. The zero-order valence-corrected chi connectivity index (χ0v) is 16.3. The zero-order chi connectivity index (χ0) is 19.2. The largest absolute Gasteiger partial charge is 0.497 e. The lowest BCUT2D eigenvalue weighted by Gasteiger charge is -2.35. The Bertz CT molecular complexity index is 641. The number of nitrogens with one attached hydrogen (secondary N) is 1. The molecule has 7 nitrogen and oxygen atoms in total. The molecule has 1 unspecified atom stereocenters. The SMILES string of the molecule is COc1ccc(C(=O)N2CCN(C(=O)NCCC3CCCN3C)CC2)cc1. The van der Waals surface area contributed by atoms with Gasteiger partial charge in [-0.2, -0.15) is 0 Å². The Labute approximate surface area is 161 Å². The van der Waals surface area contributed by atoms with Crippen LogP contribution < -0.4 is 10.1 Å². The molecule has 0 spiro atoms. The third-order valence-electron chi connectivity index (χ3n) is 5.62. The number of hydrogen-bond acceptors (Lipinski definition) is 4. The number of nitrogens with zero attached hydrogens (tertiary/aromatic N) is 3. The number of hydrogen-bond donors (Lipinski definition) is 1. The lowest BCUT2D eigenvalue weighted by Crippen LogP contribution is -2.53. The van der Waals surface area contributed by atoms with Gasteiger partial charge in [0.25, 0.3) is 5.91 Å². The molecule has 2 saturated heterocycles. The van der Waals surface area contributed by atoms with Gasteiger partial charge in [-0.15, -0.1) is 0 Å². The van der Waals surface area contributed by atoms with Crippen LogP contribution in [0.15, 0.2) is 24.3 Å². The molecule has 3 amide bonds. The molecular weight excluding hydrogens is 344 g/mol. The second-order valence-electron chi connectivity index (χ2n) is 7.31. The van der Waals surface area contributed by atoms with Crippen LogP contribution in [0.5, 0.6) is 5.75 Å². The van der Waals surface area contributed by atoms with E-state index in [1.165, 1.54) is 12.8 Å². The van der Waals surface area contributed by atoms with Gasteiger partial charge in [0, 0.05) is 44.3 Å². The van der Waals surface area contributed by atoms with Gasteiger partial charge in [0.05, 0.1) is 7.11 Å². The summed E-state index contributed by atoms with van der Waals surface area (Å²) in [5.74, 6) is 0.735. The van der Waals surface area contributed by atoms with E-state index < -0.39 is 0 Å². The van der Waals surface area contributed by atoms with Gasteiger partial charge in [0.1, 0.15) is 5.75 Å². The normalized spacial score (nSPS) is 20.6. The van der Waals surface area contributed by atoms with Crippen LogP contribution >= 0.6 is 0 Å². The summed E-state index contributed by atoms with van der Waals surface area (Å²) >= 11 is 0. The molecule has 0 saturated carbocycles. The number of ether oxygens (including phenoxy) is 1. The number of urea groups is 1. The average molecular weight is 374 g/mol. The predicted molar refractivity (Wildman–Crippen MR) is 104 cm³/mol. The smallest absolute Gasteiger partial charge is 0.317 e. The first-order chi connectivity index (χ1) is 13.1. The highest BCUT2D eigenvalue weighted by Crippen LogP contribution is 2.17. The fraction of sp³-hybridized carbons (Fsp3) is 0.600. The average Bonchev–Trinajstić information content (AvgIpc) is 3.12. The standard InChI is InChI=1S/C20H30N4O3/c1-22-11-3-4-17(22)9-10-21-20(26)24-14-12-23(13-15-24)19(25)16-5-7-18(27-2)8-6-16/h5-8,17H,3-4,9-15H2,1-2H3,(H,21,26). The van der Waals surface area contributed by atoms with E-state index in [0.717, 1.165) is 18.7 Å². The Morgan fingerprint density at radius 1 is 1.07 bits per heavy atom. The topological polar surface area (TPSA) is 65.1 Å².